The van der Waals surface area contributed by atoms with Gasteiger partial charge < -0.3 is 10.1 Å². The third-order valence-electron chi connectivity index (χ3n) is 3.51. The number of thiophene rings is 1. The van der Waals surface area contributed by atoms with Crippen molar-refractivity contribution in [3.63, 3.8) is 0 Å². The third kappa shape index (κ3) is 4.04. The molecule has 2 heterocycles. The standard InChI is InChI=1S/C14H24N2O3S2/c1-4-5-15-9-13-11(2)8-14(20-13)21(17,18)16-6-7-19-12(3)10-16/h8,12,15H,4-7,9-10H2,1-3H3. The highest BCUT2D eigenvalue weighted by atomic mass is 32.2. The van der Waals surface area contributed by atoms with Crippen LogP contribution in [0.5, 0.6) is 0 Å². The molecule has 1 aromatic rings. The Bertz CT molecular complexity index is 569. The second-order valence-corrected chi connectivity index (χ2v) is 8.69. The zero-order chi connectivity index (χ0) is 15.5. The first-order valence-corrected chi connectivity index (χ1v) is 9.62. The fourth-order valence-electron chi connectivity index (χ4n) is 2.30. The minimum absolute atomic E-state index is 0.0414. The van der Waals surface area contributed by atoms with Crippen molar-refractivity contribution in [1.29, 1.82) is 0 Å². The summed E-state index contributed by atoms with van der Waals surface area (Å²) in [6.45, 7) is 9.01. The average molecular weight is 332 g/mol. The monoisotopic (exact) mass is 332 g/mol. The van der Waals surface area contributed by atoms with Crippen molar-refractivity contribution in [3.8, 4) is 0 Å². The van der Waals surface area contributed by atoms with E-state index in [2.05, 4.69) is 12.2 Å². The van der Waals surface area contributed by atoms with E-state index in [1.165, 1.54) is 15.6 Å². The molecule has 5 nitrogen and oxygen atoms in total. The Kier molecular flexibility index (Phi) is 5.79. The van der Waals surface area contributed by atoms with Crippen molar-refractivity contribution in [2.24, 2.45) is 0 Å². The highest BCUT2D eigenvalue weighted by Crippen LogP contribution is 2.29. The van der Waals surface area contributed by atoms with Crippen LogP contribution in [-0.4, -0.2) is 45.1 Å². The van der Waals surface area contributed by atoms with Crippen LogP contribution in [0.3, 0.4) is 0 Å². The Morgan fingerprint density at radius 2 is 2.29 bits per heavy atom. The number of morpholine rings is 1. The van der Waals surface area contributed by atoms with Gasteiger partial charge in [-0.3, -0.25) is 0 Å². The van der Waals surface area contributed by atoms with E-state index in [4.69, 9.17) is 4.74 Å². The van der Waals surface area contributed by atoms with Gasteiger partial charge >= 0.3 is 0 Å². The number of nitrogens with one attached hydrogen (secondary N) is 1. The molecular formula is C14H24N2O3S2. The van der Waals surface area contributed by atoms with Gasteiger partial charge in [-0.15, -0.1) is 11.3 Å². The molecule has 0 aliphatic carbocycles. The molecule has 1 fully saturated rings. The lowest BCUT2D eigenvalue weighted by atomic mass is 10.3. The Balaban J connectivity index is 2.14. The molecule has 0 spiro atoms. The molecule has 0 amide bonds. The summed E-state index contributed by atoms with van der Waals surface area (Å²) in [5, 5.41) is 3.33. The van der Waals surface area contributed by atoms with E-state index in [0.717, 1.165) is 30.0 Å². The number of rotatable bonds is 6. The van der Waals surface area contributed by atoms with Gasteiger partial charge in [0.25, 0.3) is 10.0 Å². The second kappa shape index (κ2) is 7.19. The Morgan fingerprint density at radius 3 is 2.95 bits per heavy atom. The van der Waals surface area contributed by atoms with E-state index in [1.54, 1.807) is 6.07 Å². The van der Waals surface area contributed by atoms with Gasteiger partial charge in [-0.2, -0.15) is 4.31 Å². The molecule has 7 heteroatoms. The molecule has 1 aliphatic heterocycles. The molecule has 21 heavy (non-hydrogen) atoms. The van der Waals surface area contributed by atoms with Crippen LogP contribution in [0, 0.1) is 6.92 Å². The summed E-state index contributed by atoms with van der Waals surface area (Å²) in [6.07, 6.45) is 1.03. The molecule has 0 saturated carbocycles. The molecule has 1 N–H and O–H groups in total. The van der Waals surface area contributed by atoms with Gasteiger partial charge in [-0.1, -0.05) is 6.92 Å². The molecule has 1 saturated heterocycles. The highest BCUT2D eigenvalue weighted by Gasteiger charge is 2.30. The summed E-state index contributed by atoms with van der Waals surface area (Å²) >= 11 is 1.38. The predicted molar refractivity (Wildman–Crippen MR) is 85.2 cm³/mol. The minimum atomic E-state index is -3.38. The molecule has 0 aromatic carbocycles. The normalized spacial score (nSPS) is 20.8. The zero-order valence-corrected chi connectivity index (χ0v) is 14.5. The van der Waals surface area contributed by atoms with Crippen molar-refractivity contribution < 1.29 is 13.2 Å². The van der Waals surface area contributed by atoms with Crippen LogP contribution in [0.4, 0.5) is 0 Å². The predicted octanol–water partition coefficient (Wildman–Crippen LogP) is 1.97. The molecule has 1 aromatic heterocycles. The number of ether oxygens (including phenoxy) is 1. The van der Waals surface area contributed by atoms with Gasteiger partial charge in [0.1, 0.15) is 4.21 Å². The van der Waals surface area contributed by atoms with E-state index in [0.29, 0.717) is 23.9 Å². The second-order valence-electron chi connectivity index (χ2n) is 5.39. The molecule has 0 bridgehead atoms. The van der Waals surface area contributed by atoms with E-state index >= 15 is 0 Å². The number of aryl methyl sites for hydroxylation is 1. The quantitative estimate of drug-likeness (QED) is 0.809. The molecular weight excluding hydrogens is 308 g/mol. The average Bonchev–Trinajstić information content (AvgIpc) is 2.81. The number of sulfonamides is 1. The van der Waals surface area contributed by atoms with Crippen LogP contribution in [0.25, 0.3) is 0 Å². The lowest BCUT2D eigenvalue weighted by Gasteiger charge is -2.29. The van der Waals surface area contributed by atoms with Crippen LogP contribution >= 0.6 is 11.3 Å². The molecule has 0 radical (unpaired) electrons. The van der Waals surface area contributed by atoms with E-state index in [-0.39, 0.29) is 6.10 Å². The van der Waals surface area contributed by atoms with E-state index in [9.17, 15) is 8.42 Å². The van der Waals surface area contributed by atoms with Gasteiger partial charge in [0.2, 0.25) is 0 Å². The SMILES string of the molecule is CCCNCc1sc(S(=O)(=O)N2CCOC(C)C2)cc1C. The first-order chi connectivity index (χ1) is 9.95. The van der Waals surface area contributed by atoms with Crippen molar-refractivity contribution in [2.45, 2.75) is 44.0 Å². The van der Waals surface area contributed by atoms with Crippen molar-refractivity contribution >= 4 is 21.4 Å². The number of hydrogen-bond donors (Lipinski definition) is 1. The van der Waals surface area contributed by atoms with Crippen molar-refractivity contribution in [1.82, 2.24) is 9.62 Å². The fraction of sp³-hybridized carbons (Fsp3) is 0.714. The Labute approximate surface area is 131 Å². The fourth-order valence-corrected chi connectivity index (χ4v) is 5.52. The van der Waals surface area contributed by atoms with Crippen LogP contribution in [0.15, 0.2) is 10.3 Å². The molecule has 120 valence electrons. The van der Waals surface area contributed by atoms with E-state index < -0.39 is 10.0 Å². The van der Waals surface area contributed by atoms with Crippen LogP contribution in [0.1, 0.15) is 30.7 Å². The summed E-state index contributed by atoms with van der Waals surface area (Å²) in [4.78, 5) is 1.10. The largest absolute Gasteiger partial charge is 0.376 e. The summed E-state index contributed by atoms with van der Waals surface area (Å²) in [5.41, 5.74) is 1.04. The smallest absolute Gasteiger partial charge is 0.252 e. The van der Waals surface area contributed by atoms with Gasteiger partial charge in [0.05, 0.1) is 12.7 Å². The number of hydrogen-bond acceptors (Lipinski definition) is 5. The Hall–Kier alpha value is -0.470. The van der Waals surface area contributed by atoms with Crippen LogP contribution in [0.2, 0.25) is 0 Å². The topological polar surface area (TPSA) is 58.6 Å². The van der Waals surface area contributed by atoms with E-state index in [1.807, 2.05) is 13.8 Å². The molecule has 1 atom stereocenters. The maximum absolute atomic E-state index is 12.7. The minimum Gasteiger partial charge on any atom is -0.376 e. The van der Waals surface area contributed by atoms with Crippen LogP contribution < -0.4 is 5.32 Å². The van der Waals surface area contributed by atoms with Gasteiger partial charge in [-0.05, 0) is 38.4 Å². The summed E-state index contributed by atoms with van der Waals surface area (Å²) in [6, 6.07) is 1.79. The van der Waals surface area contributed by atoms with Gasteiger partial charge in [0.15, 0.2) is 0 Å². The molecule has 1 unspecified atom stereocenters. The molecule has 2 rings (SSSR count). The zero-order valence-electron chi connectivity index (χ0n) is 12.9. The molecule has 1 aliphatic rings. The summed E-state index contributed by atoms with van der Waals surface area (Å²) in [5.74, 6) is 0. The first kappa shape index (κ1) is 16.9. The summed E-state index contributed by atoms with van der Waals surface area (Å²) in [7, 11) is -3.38. The maximum Gasteiger partial charge on any atom is 0.252 e. The lowest BCUT2D eigenvalue weighted by molar-refractivity contribution is 0.0102. The summed E-state index contributed by atoms with van der Waals surface area (Å²) < 4.78 is 32.8. The van der Waals surface area contributed by atoms with Crippen molar-refractivity contribution in [2.75, 3.05) is 26.2 Å². The number of nitrogens with zero attached hydrogens (tertiary/aromatic N) is 1. The Morgan fingerprint density at radius 1 is 1.52 bits per heavy atom. The maximum atomic E-state index is 12.7. The van der Waals surface area contributed by atoms with Crippen molar-refractivity contribution in [3.05, 3.63) is 16.5 Å². The highest BCUT2D eigenvalue weighted by molar-refractivity contribution is 7.91. The van der Waals surface area contributed by atoms with Gasteiger partial charge in [-0.25, -0.2) is 8.42 Å². The van der Waals surface area contributed by atoms with Gasteiger partial charge in [0, 0.05) is 24.5 Å². The first-order valence-electron chi connectivity index (χ1n) is 7.37. The van der Waals surface area contributed by atoms with Crippen LogP contribution in [-0.2, 0) is 21.3 Å². The lowest BCUT2D eigenvalue weighted by Crippen LogP contribution is -2.44. The third-order valence-corrected chi connectivity index (χ3v) is 7.06.